The Balaban J connectivity index is 2.65. The lowest BCUT2D eigenvalue weighted by Gasteiger charge is -2.12. The minimum Gasteiger partial charge on any atom is -0.508 e. The highest BCUT2D eigenvalue weighted by atomic mass is 16.5. The number of rotatable bonds is 5. The molecule has 0 bridgehead atoms. The van der Waals surface area contributed by atoms with Crippen molar-refractivity contribution < 1.29 is 19.4 Å². The smallest absolute Gasteiger partial charge is 0.322 e. The van der Waals surface area contributed by atoms with E-state index in [1.807, 2.05) is 0 Å². The maximum Gasteiger partial charge on any atom is 0.322 e. The van der Waals surface area contributed by atoms with Crippen molar-refractivity contribution in [2.75, 3.05) is 14.2 Å². The number of carbonyl (C=O) groups is 1. The number of phenolic OH excluding ortho intramolecular Hbond substituents is 1. The molecule has 0 radical (unpaired) electrons. The Morgan fingerprint density at radius 1 is 1.47 bits per heavy atom. The highest BCUT2D eigenvalue weighted by Crippen LogP contribution is 2.22. The van der Waals surface area contributed by atoms with Crippen LogP contribution < -0.4 is 10.1 Å². The Morgan fingerprint density at radius 3 is 2.76 bits per heavy atom. The number of esters is 1. The van der Waals surface area contributed by atoms with Crippen LogP contribution in [0.3, 0.4) is 0 Å². The summed E-state index contributed by atoms with van der Waals surface area (Å²) < 4.78 is 9.64. The largest absolute Gasteiger partial charge is 0.508 e. The lowest BCUT2D eigenvalue weighted by molar-refractivity contribution is -0.142. The molecule has 1 rings (SSSR count). The molecule has 0 saturated heterocycles. The second-order valence-electron chi connectivity index (χ2n) is 3.62. The van der Waals surface area contributed by atoms with Gasteiger partial charge < -0.3 is 19.9 Å². The number of hydrogen-bond acceptors (Lipinski definition) is 5. The van der Waals surface area contributed by atoms with E-state index < -0.39 is 6.04 Å². The van der Waals surface area contributed by atoms with Crippen LogP contribution in [0.1, 0.15) is 12.5 Å². The fourth-order valence-electron chi connectivity index (χ4n) is 1.35. The lowest BCUT2D eigenvalue weighted by Crippen LogP contribution is -2.34. The van der Waals surface area contributed by atoms with E-state index in [1.165, 1.54) is 7.11 Å². The number of methoxy groups -OCH3 is 2. The standard InChI is InChI=1S/C12H17NO4/c1-8(12(15)17-3)13-7-9-6-10(16-2)4-5-11(9)14/h4-6,8,13-14H,7H2,1-3H3. The second-order valence-corrected chi connectivity index (χ2v) is 3.62. The van der Waals surface area contributed by atoms with Crippen molar-refractivity contribution in [1.29, 1.82) is 0 Å². The summed E-state index contributed by atoms with van der Waals surface area (Å²) in [5.41, 5.74) is 0.667. The third kappa shape index (κ3) is 3.64. The number of aromatic hydroxyl groups is 1. The van der Waals surface area contributed by atoms with E-state index in [4.69, 9.17) is 4.74 Å². The summed E-state index contributed by atoms with van der Waals surface area (Å²) in [6.07, 6.45) is 0. The molecule has 0 heterocycles. The van der Waals surface area contributed by atoms with Gasteiger partial charge in [0.2, 0.25) is 0 Å². The second kappa shape index (κ2) is 6.10. The Bertz CT molecular complexity index is 392. The van der Waals surface area contributed by atoms with Crippen LogP contribution in [0.25, 0.3) is 0 Å². The zero-order chi connectivity index (χ0) is 12.8. The average molecular weight is 239 g/mol. The van der Waals surface area contributed by atoms with Crippen molar-refractivity contribution in [3.63, 3.8) is 0 Å². The predicted octanol–water partition coefficient (Wildman–Crippen LogP) is 1.05. The van der Waals surface area contributed by atoms with Crippen molar-refractivity contribution in [2.24, 2.45) is 0 Å². The minimum absolute atomic E-state index is 0.162. The molecule has 94 valence electrons. The fraction of sp³-hybridized carbons (Fsp3) is 0.417. The van der Waals surface area contributed by atoms with Gasteiger partial charge in [-0.05, 0) is 25.1 Å². The molecule has 0 fully saturated rings. The number of ether oxygens (including phenoxy) is 2. The molecule has 17 heavy (non-hydrogen) atoms. The van der Waals surface area contributed by atoms with Crippen molar-refractivity contribution >= 4 is 5.97 Å². The summed E-state index contributed by atoms with van der Waals surface area (Å²) >= 11 is 0. The van der Waals surface area contributed by atoms with Gasteiger partial charge >= 0.3 is 5.97 Å². The van der Waals surface area contributed by atoms with Crippen LogP contribution in [0.15, 0.2) is 18.2 Å². The van der Waals surface area contributed by atoms with Crippen molar-refractivity contribution in [2.45, 2.75) is 19.5 Å². The van der Waals surface area contributed by atoms with Gasteiger partial charge in [0.05, 0.1) is 14.2 Å². The number of benzene rings is 1. The molecule has 1 atom stereocenters. The summed E-state index contributed by atoms with van der Waals surface area (Å²) in [4.78, 5) is 11.2. The van der Waals surface area contributed by atoms with Gasteiger partial charge in [0.15, 0.2) is 0 Å². The molecule has 0 amide bonds. The van der Waals surface area contributed by atoms with Gasteiger partial charge in [-0.3, -0.25) is 4.79 Å². The van der Waals surface area contributed by atoms with E-state index in [2.05, 4.69) is 10.1 Å². The van der Waals surface area contributed by atoms with Crippen molar-refractivity contribution in [3.05, 3.63) is 23.8 Å². The molecule has 0 aliphatic carbocycles. The van der Waals surface area contributed by atoms with E-state index in [1.54, 1.807) is 32.2 Å². The number of nitrogens with one attached hydrogen (secondary N) is 1. The zero-order valence-corrected chi connectivity index (χ0v) is 10.2. The molecule has 1 aromatic rings. The lowest BCUT2D eigenvalue weighted by atomic mass is 10.2. The van der Waals surface area contributed by atoms with Crippen LogP contribution in [0.4, 0.5) is 0 Å². The first-order valence-corrected chi connectivity index (χ1v) is 5.25. The SMILES string of the molecule is COC(=O)C(C)NCc1cc(OC)ccc1O. The Morgan fingerprint density at radius 2 is 2.18 bits per heavy atom. The third-order valence-electron chi connectivity index (χ3n) is 2.44. The van der Waals surface area contributed by atoms with Gasteiger partial charge in [-0.2, -0.15) is 0 Å². The van der Waals surface area contributed by atoms with E-state index in [0.29, 0.717) is 17.9 Å². The fourth-order valence-corrected chi connectivity index (χ4v) is 1.35. The van der Waals surface area contributed by atoms with Crippen LogP contribution >= 0.6 is 0 Å². The van der Waals surface area contributed by atoms with Crippen molar-refractivity contribution in [3.8, 4) is 11.5 Å². The summed E-state index contributed by atoms with van der Waals surface area (Å²) in [5, 5.41) is 12.6. The summed E-state index contributed by atoms with van der Waals surface area (Å²) in [5.74, 6) is 0.480. The average Bonchev–Trinajstić information content (AvgIpc) is 2.36. The first-order chi connectivity index (χ1) is 8.08. The topological polar surface area (TPSA) is 67.8 Å². The number of phenols is 1. The molecular formula is C12H17NO4. The summed E-state index contributed by atoms with van der Waals surface area (Å²) in [6.45, 7) is 2.06. The normalized spacial score (nSPS) is 11.9. The molecule has 0 spiro atoms. The molecule has 5 nitrogen and oxygen atoms in total. The van der Waals surface area contributed by atoms with Crippen LogP contribution in [-0.2, 0) is 16.1 Å². The van der Waals surface area contributed by atoms with Gasteiger partial charge in [0, 0.05) is 12.1 Å². The molecule has 0 aliphatic rings. The Hall–Kier alpha value is -1.75. The quantitative estimate of drug-likeness (QED) is 0.752. The van der Waals surface area contributed by atoms with Crippen LogP contribution in [0, 0.1) is 0 Å². The molecule has 0 saturated carbocycles. The summed E-state index contributed by atoms with van der Waals surface area (Å²) in [6, 6.07) is 4.51. The first kappa shape index (κ1) is 13.3. The molecule has 0 aromatic heterocycles. The zero-order valence-electron chi connectivity index (χ0n) is 10.2. The third-order valence-corrected chi connectivity index (χ3v) is 2.44. The molecule has 1 aromatic carbocycles. The van der Waals surface area contributed by atoms with Gasteiger partial charge in [-0.1, -0.05) is 0 Å². The molecule has 0 aliphatic heterocycles. The monoisotopic (exact) mass is 239 g/mol. The molecule has 5 heteroatoms. The van der Waals surface area contributed by atoms with E-state index in [9.17, 15) is 9.90 Å². The highest BCUT2D eigenvalue weighted by molar-refractivity contribution is 5.75. The predicted molar refractivity (Wildman–Crippen MR) is 63.0 cm³/mol. The first-order valence-electron chi connectivity index (χ1n) is 5.25. The molecule has 2 N–H and O–H groups in total. The summed E-state index contributed by atoms with van der Waals surface area (Å²) in [7, 11) is 2.89. The van der Waals surface area contributed by atoms with Crippen LogP contribution in [-0.4, -0.2) is 31.3 Å². The van der Waals surface area contributed by atoms with Gasteiger partial charge in [-0.25, -0.2) is 0 Å². The number of carbonyl (C=O) groups excluding carboxylic acids is 1. The van der Waals surface area contributed by atoms with E-state index >= 15 is 0 Å². The van der Waals surface area contributed by atoms with Gasteiger partial charge in [0.1, 0.15) is 17.5 Å². The maximum absolute atomic E-state index is 11.2. The Kier molecular flexibility index (Phi) is 4.78. The van der Waals surface area contributed by atoms with E-state index in [-0.39, 0.29) is 11.7 Å². The highest BCUT2D eigenvalue weighted by Gasteiger charge is 2.13. The van der Waals surface area contributed by atoms with Crippen LogP contribution in [0.5, 0.6) is 11.5 Å². The van der Waals surface area contributed by atoms with Crippen molar-refractivity contribution in [1.82, 2.24) is 5.32 Å². The van der Waals surface area contributed by atoms with Gasteiger partial charge in [0.25, 0.3) is 0 Å². The van der Waals surface area contributed by atoms with E-state index in [0.717, 1.165) is 0 Å². The maximum atomic E-state index is 11.2. The van der Waals surface area contributed by atoms with Crippen LogP contribution in [0.2, 0.25) is 0 Å². The number of hydrogen-bond donors (Lipinski definition) is 2. The molecule has 1 unspecified atom stereocenters. The Labute approximate surface area is 100 Å². The van der Waals surface area contributed by atoms with Gasteiger partial charge in [-0.15, -0.1) is 0 Å². The molecular weight excluding hydrogens is 222 g/mol. The minimum atomic E-state index is -0.425.